The van der Waals surface area contributed by atoms with Gasteiger partial charge in [0.1, 0.15) is 5.37 Å². The van der Waals surface area contributed by atoms with Crippen molar-refractivity contribution in [3.8, 4) is 0 Å². The summed E-state index contributed by atoms with van der Waals surface area (Å²) in [5.74, 6) is -1.31. The molecule has 0 aromatic heterocycles. The van der Waals surface area contributed by atoms with Crippen molar-refractivity contribution < 1.29 is 23.1 Å². The molecule has 2 aromatic carbocycles. The van der Waals surface area contributed by atoms with Gasteiger partial charge in [0, 0.05) is 23.4 Å². The Balaban J connectivity index is 2.07. The number of aliphatic carboxylic acids is 1. The largest absolute Gasteiger partial charge is 0.481 e. The first-order valence-corrected chi connectivity index (χ1v) is 9.71. The van der Waals surface area contributed by atoms with E-state index in [0.29, 0.717) is 16.1 Å². The maximum absolute atomic E-state index is 12.5. The number of hydrogen-bond donors (Lipinski definition) is 2. The second-order valence-electron chi connectivity index (χ2n) is 5.76. The summed E-state index contributed by atoms with van der Waals surface area (Å²) in [4.78, 5) is 22.5. The number of rotatable bonds is 8. The minimum absolute atomic E-state index is 0.0779. The van der Waals surface area contributed by atoms with Crippen molar-refractivity contribution in [3.05, 3.63) is 64.7 Å². The average Bonchev–Trinajstić information content (AvgIpc) is 2.60. The Morgan fingerprint density at radius 3 is 2.12 bits per heavy atom. The number of carboxylic acid groups (broad SMARTS) is 1. The molecule has 8 heteroatoms. The molecule has 0 radical (unpaired) electrons. The molecule has 0 saturated heterocycles. The molecule has 0 aliphatic rings. The zero-order valence-corrected chi connectivity index (χ0v) is 15.3. The Labute approximate surface area is 156 Å². The lowest BCUT2D eigenvalue weighted by Gasteiger charge is -2.13. The molecule has 0 heterocycles. The topological polar surface area (TPSA) is 115 Å². The van der Waals surface area contributed by atoms with Crippen molar-refractivity contribution in [1.29, 1.82) is 0 Å². The summed E-state index contributed by atoms with van der Waals surface area (Å²) in [5, 5.41) is 7.90. The van der Waals surface area contributed by atoms with Crippen molar-refractivity contribution in [3.63, 3.8) is 0 Å². The van der Waals surface area contributed by atoms with Gasteiger partial charge in [-0.3, -0.25) is 9.59 Å². The van der Waals surface area contributed by atoms with Gasteiger partial charge in [0.05, 0.1) is 11.3 Å². The van der Waals surface area contributed by atoms with Crippen LogP contribution in [-0.2, 0) is 21.1 Å². The Morgan fingerprint density at radius 1 is 1.00 bits per heavy atom. The number of hydrogen-bond acceptors (Lipinski definition) is 5. The standard InChI is InChI=1S/C18H18ClNO5S/c19-14-5-7-15(8-6-14)26(24,25)17(20)11-12-1-3-13(4-2-12)16(21)9-10-18(22)23/h1-8,17H,9-11,20H2,(H,22,23). The van der Waals surface area contributed by atoms with Gasteiger partial charge in [-0.05, 0) is 29.8 Å². The maximum atomic E-state index is 12.5. The Bertz CT molecular complexity index is 892. The highest BCUT2D eigenvalue weighted by Crippen LogP contribution is 2.19. The zero-order chi connectivity index (χ0) is 19.3. The van der Waals surface area contributed by atoms with Crippen LogP contribution in [0.2, 0.25) is 5.02 Å². The molecule has 3 N–H and O–H groups in total. The van der Waals surface area contributed by atoms with Crippen LogP contribution >= 0.6 is 11.6 Å². The summed E-state index contributed by atoms with van der Waals surface area (Å²) in [6.45, 7) is 0. The van der Waals surface area contributed by atoms with Crippen LogP contribution < -0.4 is 5.73 Å². The van der Waals surface area contributed by atoms with Crippen LogP contribution in [0.4, 0.5) is 0 Å². The van der Waals surface area contributed by atoms with Crippen LogP contribution in [-0.4, -0.2) is 30.7 Å². The van der Waals surface area contributed by atoms with Crippen LogP contribution in [0.25, 0.3) is 0 Å². The Morgan fingerprint density at radius 2 is 1.58 bits per heavy atom. The summed E-state index contributed by atoms with van der Waals surface area (Å²) in [7, 11) is -3.71. The first-order chi connectivity index (χ1) is 12.2. The number of carboxylic acids is 1. The monoisotopic (exact) mass is 395 g/mol. The molecule has 6 nitrogen and oxygen atoms in total. The molecular formula is C18H18ClNO5S. The molecule has 1 atom stereocenters. The van der Waals surface area contributed by atoms with E-state index in [9.17, 15) is 18.0 Å². The summed E-state index contributed by atoms with van der Waals surface area (Å²) in [6, 6.07) is 12.1. The van der Waals surface area contributed by atoms with E-state index in [4.69, 9.17) is 22.4 Å². The van der Waals surface area contributed by atoms with Gasteiger partial charge in [0.15, 0.2) is 15.6 Å². The third-order valence-corrected chi connectivity index (χ3v) is 5.96. The van der Waals surface area contributed by atoms with Gasteiger partial charge in [0.2, 0.25) is 0 Å². The number of sulfone groups is 1. The van der Waals surface area contributed by atoms with Gasteiger partial charge >= 0.3 is 5.97 Å². The summed E-state index contributed by atoms with van der Waals surface area (Å²) in [5.41, 5.74) is 6.92. The van der Waals surface area contributed by atoms with Gasteiger partial charge in [-0.1, -0.05) is 35.9 Å². The number of ketones is 1. The third-order valence-electron chi connectivity index (χ3n) is 3.82. The van der Waals surface area contributed by atoms with Crippen molar-refractivity contribution >= 4 is 33.2 Å². The van der Waals surface area contributed by atoms with Gasteiger partial charge < -0.3 is 10.8 Å². The normalized spacial score (nSPS) is 12.5. The van der Waals surface area contributed by atoms with Crippen molar-refractivity contribution in [2.45, 2.75) is 29.5 Å². The third kappa shape index (κ3) is 5.14. The van der Waals surface area contributed by atoms with E-state index in [1.165, 1.54) is 24.3 Å². The van der Waals surface area contributed by atoms with Crippen molar-refractivity contribution in [2.24, 2.45) is 5.73 Å². The van der Waals surface area contributed by atoms with Crippen molar-refractivity contribution in [1.82, 2.24) is 0 Å². The lowest BCUT2D eigenvalue weighted by molar-refractivity contribution is -0.136. The molecule has 0 spiro atoms. The van der Waals surface area contributed by atoms with Gasteiger partial charge in [-0.15, -0.1) is 0 Å². The lowest BCUT2D eigenvalue weighted by Crippen LogP contribution is -2.32. The fraction of sp³-hybridized carbons (Fsp3) is 0.222. The number of benzene rings is 2. The molecule has 0 bridgehead atoms. The molecule has 0 saturated carbocycles. The number of carbonyl (C=O) groups is 2. The fourth-order valence-corrected chi connectivity index (χ4v) is 3.74. The van der Waals surface area contributed by atoms with Gasteiger partial charge in [0.25, 0.3) is 0 Å². The van der Waals surface area contributed by atoms with Crippen molar-refractivity contribution in [2.75, 3.05) is 0 Å². The molecule has 0 aliphatic carbocycles. The number of carbonyl (C=O) groups excluding carboxylic acids is 1. The maximum Gasteiger partial charge on any atom is 0.303 e. The molecular weight excluding hydrogens is 378 g/mol. The minimum Gasteiger partial charge on any atom is -0.481 e. The van der Waals surface area contributed by atoms with E-state index < -0.39 is 21.2 Å². The van der Waals surface area contributed by atoms with Crippen LogP contribution in [0.5, 0.6) is 0 Å². The lowest BCUT2D eigenvalue weighted by atomic mass is 10.0. The molecule has 2 rings (SSSR count). The first-order valence-electron chi connectivity index (χ1n) is 7.79. The zero-order valence-electron chi connectivity index (χ0n) is 13.8. The van der Waals surface area contributed by atoms with E-state index in [2.05, 4.69) is 0 Å². The Kier molecular flexibility index (Phi) is 6.52. The Hall–Kier alpha value is -2.22. The predicted molar refractivity (Wildman–Crippen MR) is 98.0 cm³/mol. The first kappa shape index (κ1) is 20.1. The molecule has 1 unspecified atom stereocenters. The molecule has 0 amide bonds. The highest BCUT2D eigenvalue weighted by molar-refractivity contribution is 7.92. The highest BCUT2D eigenvalue weighted by Gasteiger charge is 2.24. The van der Waals surface area contributed by atoms with E-state index in [1.807, 2.05) is 0 Å². The smallest absolute Gasteiger partial charge is 0.303 e. The summed E-state index contributed by atoms with van der Waals surface area (Å²) in [6.07, 6.45) is -0.238. The molecule has 138 valence electrons. The van der Waals surface area contributed by atoms with E-state index >= 15 is 0 Å². The van der Waals surface area contributed by atoms with Crippen LogP contribution in [0, 0.1) is 0 Å². The number of Topliss-reactive ketones (excluding diaryl/α,β-unsaturated/α-hetero) is 1. The second-order valence-corrected chi connectivity index (χ2v) is 8.36. The number of halogens is 1. The SMILES string of the molecule is NC(Cc1ccc(C(=O)CCC(=O)O)cc1)S(=O)(=O)c1ccc(Cl)cc1. The second kappa shape index (κ2) is 8.44. The quantitative estimate of drug-likeness (QED) is 0.664. The number of nitrogens with two attached hydrogens (primary N) is 1. The van der Waals surface area contributed by atoms with E-state index in [1.54, 1.807) is 24.3 Å². The van der Waals surface area contributed by atoms with E-state index in [-0.39, 0.29) is 29.9 Å². The van der Waals surface area contributed by atoms with E-state index in [0.717, 1.165) is 0 Å². The van der Waals surface area contributed by atoms with Crippen LogP contribution in [0.3, 0.4) is 0 Å². The minimum atomic E-state index is -3.71. The summed E-state index contributed by atoms with van der Waals surface area (Å²) < 4.78 is 25.0. The fourth-order valence-electron chi connectivity index (χ4n) is 2.33. The molecule has 0 aliphatic heterocycles. The predicted octanol–water partition coefficient (Wildman–Crippen LogP) is 2.69. The summed E-state index contributed by atoms with van der Waals surface area (Å²) >= 11 is 5.77. The molecule has 2 aromatic rings. The van der Waals surface area contributed by atoms with Gasteiger partial charge in [-0.2, -0.15) is 0 Å². The molecule has 0 fully saturated rings. The average molecular weight is 396 g/mol. The molecule has 26 heavy (non-hydrogen) atoms. The van der Waals surface area contributed by atoms with Gasteiger partial charge in [-0.25, -0.2) is 8.42 Å². The van der Waals surface area contributed by atoms with Crippen LogP contribution in [0.15, 0.2) is 53.4 Å². The highest BCUT2D eigenvalue weighted by atomic mass is 35.5. The van der Waals surface area contributed by atoms with Crippen LogP contribution in [0.1, 0.15) is 28.8 Å².